The molecule has 7 nitrogen and oxygen atoms in total. The maximum atomic E-state index is 12.8. The van der Waals surface area contributed by atoms with Crippen molar-refractivity contribution in [3.8, 4) is 11.5 Å². The van der Waals surface area contributed by atoms with Crippen molar-refractivity contribution in [1.82, 2.24) is 4.90 Å². The number of amides is 3. The summed E-state index contributed by atoms with van der Waals surface area (Å²) in [6.45, 7) is 6.61. The van der Waals surface area contributed by atoms with Gasteiger partial charge in [0.2, 0.25) is 5.91 Å². The molecule has 33 heavy (non-hydrogen) atoms. The number of carbonyl (C=O) groups is 3. The minimum atomic E-state index is -0.524. The van der Waals surface area contributed by atoms with E-state index in [-0.39, 0.29) is 11.4 Å². The standard InChI is InChI=1S/C24H25ClN2O5S/c1-4-31-20-10-16(8-9-19(20)32-14-15(2)3)11-21-23(29)27(24(30)33-21)13-22(28)26-18-7-5-6-17(25)12-18/h5-12,15H,4,13-14H2,1-3H3,(H,26,28)/b21-11-. The third-order valence-corrected chi connectivity index (χ3v) is 5.56. The largest absolute Gasteiger partial charge is 0.490 e. The van der Waals surface area contributed by atoms with Crippen LogP contribution in [-0.2, 0) is 9.59 Å². The number of carbonyl (C=O) groups excluding carboxylic acids is 3. The van der Waals surface area contributed by atoms with Gasteiger partial charge in [-0.05, 0) is 66.6 Å². The Bertz CT molecular complexity index is 1090. The smallest absolute Gasteiger partial charge is 0.294 e. The molecule has 2 aromatic carbocycles. The van der Waals surface area contributed by atoms with Crippen molar-refractivity contribution in [3.05, 3.63) is 58.0 Å². The van der Waals surface area contributed by atoms with E-state index in [1.54, 1.807) is 48.5 Å². The first-order valence-corrected chi connectivity index (χ1v) is 11.7. The molecule has 1 fully saturated rings. The number of hydrogen-bond donors (Lipinski definition) is 1. The van der Waals surface area contributed by atoms with Gasteiger partial charge in [-0.3, -0.25) is 19.3 Å². The molecule has 0 bridgehead atoms. The zero-order valence-corrected chi connectivity index (χ0v) is 20.2. The molecule has 0 saturated carbocycles. The minimum Gasteiger partial charge on any atom is -0.490 e. The monoisotopic (exact) mass is 488 g/mol. The molecular weight excluding hydrogens is 464 g/mol. The van der Waals surface area contributed by atoms with E-state index in [1.165, 1.54) is 0 Å². The topological polar surface area (TPSA) is 84.9 Å². The normalized spacial score (nSPS) is 14.8. The van der Waals surface area contributed by atoms with Crippen molar-refractivity contribution in [2.24, 2.45) is 5.92 Å². The molecule has 3 rings (SSSR count). The van der Waals surface area contributed by atoms with Gasteiger partial charge in [-0.25, -0.2) is 0 Å². The second kappa shape index (κ2) is 11.2. The van der Waals surface area contributed by atoms with Crippen molar-refractivity contribution >= 4 is 52.2 Å². The molecule has 1 aliphatic rings. The van der Waals surface area contributed by atoms with E-state index >= 15 is 0 Å². The highest BCUT2D eigenvalue weighted by molar-refractivity contribution is 8.18. The summed E-state index contributed by atoms with van der Waals surface area (Å²) in [5, 5.41) is 2.60. The molecule has 0 aromatic heterocycles. The number of halogens is 1. The summed E-state index contributed by atoms with van der Waals surface area (Å²) in [6, 6.07) is 12.0. The number of benzene rings is 2. The van der Waals surface area contributed by atoms with Crippen molar-refractivity contribution in [3.63, 3.8) is 0 Å². The highest BCUT2D eigenvalue weighted by Gasteiger charge is 2.36. The lowest BCUT2D eigenvalue weighted by Gasteiger charge is -2.14. The van der Waals surface area contributed by atoms with Crippen LogP contribution in [0.15, 0.2) is 47.4 Å². The van der Waals surface area contributed by atoms with Crippen LogP contribution in [0.3, 0.4) is 0 Å². The molecule has 0 radical (unpaired) electrons. The molecular formula is C24H25ClN2O5S. The zero-order chi connectivity index (χ0) is 24.0. The number of imide groups is 1. The quantitative estimate of drug-likeness (QED) is 0.472. The summed E-state index contributed by atoms with van der Waals surface area (Å²) >= 11 is 6.71. The molecule has 0 aliphatic carbocycles. The van der Waals surface area contributed by atoms with Gasteiger partial charge in [-0.1, -0.05) is 37.6 Å². The lowest BCUT2D eigenvalue weighted by molar-refractivity contribution is -0.127. The average Bonchev–Trinajstić information content (AvgIpc) is 3.00. The van der Waals surface area contributed by atoms with E-state index < -0.39 is 17.1 Å². The molecule has 0 spiro atoms. The number of hydrogen-bond acceptors (Lipinski definition) is 6. The van der Waals surface area contributed by atoms with Gasteiger partial charge in [0.25, 0.3) is 11.1 Å². The number of ether oxygens (including phenoxy) is 2. The predicted octanol–water partition coefficient (Wildman–Crippen LogP) is 5.45. The van der Waals surface area contributed by atoms with E-state index in [2.05, 4.69) is 19.2 Å². The number of anilines is 1. The van der Waals surface area contributed by atoms with E-state index in [0.29, 0.717) is 46.9 Å². The molecule has 0 atom stereocenters. The summed E-state index contributed by atoms with van der Waals surface area (Å²) in [7, 11) is 0. The van der Waals surface area contributed by atoms with Crippen LogP contribution >= 0.6 is 23.4 Å². The van der Waals surface area contributed by atoms with Crippen LogP contribution in [0.5, 0.6) is 11.5 Å². The van der Waals surface area contributed by atoms with Crippen LogP contribution in [0.2, 0.25) is 5.02 Å². The van der Waals surface area contributed by atoms with E-state index in [4.69, 9.17) is 21.1 Å². The Kier molecular flexibility index (Phi) is 8.41. The first-order valence-electron chi connectivity index (χ1n) is 10.5. The van der Waals surface area contributed by atoms with Gasteiger partial charge < -0.3 is 14.8 Å². The van der Waals surface area contributed by atoms with E-state index in [0.717, 1.165) is 16.7 Å². The zero-order valence-electron chi connectivity index (χ0n) is 18.6. The Labute approximate surface area is 202 Å². The molecule has 1 heterocycles. The van der Waals surface area contributed by atoms with Gasteiger partial charge in [0.1, 0.15) is 6.54 Å². The summed E-state index contributed by atoms with van der Waals surface area (Å²) in [4.78, 5) is 38.6. The van der Waals surface area contributed by atoms with Crippen LogP contribution in [0.1, 0.15) is 26.3 Å². The first kappa shape index (κ1) is 24.7. The summed E-state index contributed by atoms with van der Waals surface area (Å²) in [5.74, 6) is 0.526. The molecule has 1 N–H and O–H groups in total. The van der Waals surface area contributed by atoms with Gasteiger partial charge in [0, 0.05) is 10.7 Å². The van der Waals surface area contributed by atoms with Gasteiger partial charge in [0.05, 0.1) is 18.1 Å². The average molecular weight is 489 g/mol. The summed E-state index contributed by atoms with van der Waals surface area (Å²) < 4.78 is 11.5. The van der Waals surface area contributed by atoms with Gasteiger partial charge in [-0.2, -0.15) is 0 Å². The third-order valence-electron chi connectivity index (χ3n) is 4.42. The van der Waals surface area contributed by atoms with Gasteiger partial charge >= 0.3 is 0 Å². The maximum absolute atomic E-state index is 12.8. The van der Waals surface area contributed by atoms with Gasteiger partial charge in [-0.15, -0.1) is 0 Å². The second-order valence-corrected chi connectivity index (χ2v) is 9.10. The van der Waals surface area contributed by atoms with Crippen LogP contribution in [0.4, 0.5) is 10.5 Å². The van der Waals surface area contributed by atoms with Gasteiger partial charge in [0.15, 0.2) is 11.5 Å². The Balaban J connectivity index is 1.71. The van der Waals surface area contributed by atoms with Crippen LogP contribution in [0, 0.1) is 5.92 Å². The van der Waals surface area contributed by atoms with Crippen molar-refractivity contribution < 1.29 is 23.9 Å². The summed E-state index contributed by atoms with van der Waals surface area (Å²) in [6.07, 6.45) is 1.61. The van der Waals surface area contributed by atoms with E-state index in [9.17, 15) is 14.4 Å². The third kappa shape index (κ3) is 6.76. The fourth-order valence-electron chi connectivity index (χ4n) is 2.96. The molecule has 174 valence electrons. The molecule has 2 aromatic rings. The minimum absolute atomic E-state index is 0.230. The number of nitrogens with one attached hydrogen (secondary N) is 1. The lowest BCUT2D eigenvalue weighted by Crippen LogP contribution is -2.36. The van der Waals surface area contributed by atoms with E-state index in [1.807, 2.05) is 6.92 Å². The highest BCUT2D eigenvalue weighted by Crippen LogP contribution is 2.34. The van der Waals surface area contributed by atoms with Crippen LogP contribution < -0.4 is 14.8 Å². The molecule has 9 heteroatoms. The molecule has 1 aliphatic heterocycles. The summed E-state index contributed by atoms with van der Waals surface area (Å²) in [5.41, 5.74) is 1.17. The van der Waals surface area contributed by atoms with Crippen molar-refractivity contribution in [1.29, 1.82) is 0 Å². The van der Waals surface area contributed by atoms with Crippen molar-refractivity contribution in [2.45, 2.75) is 20.8 Å². The van der Waals surface area contributed by atoms with Crippen LogP contribution in [0.25, 0.3) is 6.08 Å². The Morgan fingerprint density at radius 3 is 2.64 bits per heavy atom. The molecule has 3 amide bonds. The lowest BCUT2D eigenvalue weighted by atomic mass is 10.1. The number of thioether (sulfide) groups is 1. The van der Waals surface area contributed by atoms with Crippen molar-refractivity contribution in [2.75, 3.05) is 25.1 Å². The molecule has 1 saturated heterocycles. The Morgan fingerprint density at radius 2 is 1.94 bits per heavy atom. The maximum Gasteiger partial charge on any atom is 0.294 e. The number of nitrogens with zero attached hydrogens (tertiary/aromatic N) is 1. The van der Waals surface area contributed by atoms with Crippen LogP contribution in [-0.4, -0.2) is 41.7 Å². The predicted molar refractivity (Wildman–Crippen MR) is 131 cm³/mol. The Hall–Kier alpha value is -2.97. The Morgan fingerprint density at radius 1 is 1.15 bits per heavy atom. The second-order valence-electron chi connectivity index (χ2n) is 7.67. The fourth-order valence-corrected chi connectivity index (χ4v) is 3.99. The SMILES string of the molecule is CCOc1cc(/C=C2\SC(=O)N(CC(=O)Nc3cccc(Cl)c3)C2=O)ccc1OCC(C)C. The number of rotatable bonds is 9. The first-order chi connectivity index (χ1) is 15.8. The fraction of sp³-hybridized carbons (Fsp3) is 0.292. The molecule has 0 unspecified atom stereocenters. The highest BCUT2D eigenvalue weighted by atomic mass is 35.5.